The maximum atomic E-state index is 8.27. The fraction of sp³-hybridized carbons (Fsp3) is 0.706. The first-order valence-corrected chi connectivity index (χ1v) is 8.12. The van der Waals surface area contributed by atoms with Gasteiger partial charge in [0.2, 0.25) is 0 Å². The van der Waals surface area contributed by atoms with Crippen LogP contribution in [0.2, 0.25) is 0 Å². The van der Waals surface area contributed by atoms with Crippen LogP contribution in [0.15, 0.2) is 18.1 Å². The summed E-state index contributed by atoms with van der Waals surface area (Å²) in [5.74, 6) is 0.998. The Bertz CT molecular complexity index is 668. The van der Waals surface area contributed by atoms with Crippen molar-refractivity contribution in [2.45, 2.75) is 58.7 Å². The average molecular weight is 305 g/mol. The van der Waals surface area contributed by atoms with Gasteiger partial charge in [0.1, 0.15) is 5.82 Å². The molecule has 0 bridgehead atoms. The van der Waals surface area contributed by atoms with Crippen molar-refractivity contribution in [3.05, 3.63) is 18.1 Å². The molecule has 1 aromatic heterocycles. The Morgan fingerprint density at radius 3 is 2.59 bits per heavy atom. The summed E-state index contributed by atoms with van der Waals surface area (Å²) in [7, 11) is -0.789. The molecule has 4 nitrogen and oxygen atoms in total. The SMILES string of the molecule is [2H]c1c(B2OC(C)(C)C(C)(C)O2)nc(N2CCCC(C)C2)c([2H])c1[2H]. The van der Waals surface area contributed by atoms with E-state index in [4.69, 9.17) is 13.4 Å². The van der Waals surface area contributed by atoms with E-state index in [2.05, 4.69) is 16.8 Å². The van der Waals surface area contributed by atoms with Crippen molar-refractivity contribution in [2.24, 2.45) is 5.92 Å². The molecule has 2 saturated heterocycles. The predicted octanol–water partition coefficient (Wildman–Crippen LogP) is 2.62. The van der Waals surface area contributed by atoms with Crippen LogP contribution in [0, 0.1) is 5.92 Å². The largest absolute Gasteiger partial charge is 0.514 e. The Morgan fingerprint density at radius 2 is 1.95 bits per heavy atom. The van der Waals surface area contributed by atoms with Gasteiger partial charge in [-0.1, -0.05) is 13.0 Å². The zero-order chi connectivity index (χ0) is 18.6. The Labute approximate surface area is 138 Å². The molecule has 2 fully saturated rings. The Kier molecular flexibility index (Phi) is 3.11. The van der Waals surface area contributed by atoms with Crippen molar-refractivity contribution in [3.8, 4) is 0 Å². The maximum Gasteiger partial charge on any atom is 0.514 e. The summed E-state index contributed by atoms with van der Waals surface area (Å²) >= 11 is 0. The van der Waals surface area contributed by atoms with Gasteiger partial charge in [0.15, 0.2) is 0 Å². The predicted molar refractivity (Wildman–Crippen MR) is 90.6 cm³/mol. The first-order chi connectivity index (χ1) is 11.5. The van der Waals surface area contributed by atoms with Crippen molar-refractivity contribution in [1.29, 1.82) is 0 Å². The van der Waals surface area contributed by atoms with Crippen LogP contribution in [0.1, 0.15) is 51.6 Å². The molecule has 1 unspecified atom stereocenters. The summed E-state index contributed by atoms with van der Waals surface area (Å²) in [6.45, 7) is 11.6. The van der Waals surface area contributed by atoms with E-state index in [0.717, 1.165) is 25.9 Å². The highest BCUT2D eigenvalue weighted by atomic mass is 16.7. The molecule has 22 heavy (non-hydrogen) atoms. The molecular weight excluding hydrogens is 275 g/mol. The number of hydrogen-bond donors (Lipinski definition) is 0. The normalized spacial score (nSPS) is 29.1. The van der Waals surface area contributed by atoms with Crippen molar-refractivity contribution < 1.29 is 13.4 Å². The van der Waals surface area contributed by atoms with Gasteiger partial charge in [-0.15, -0.1) is 0 Å². The number of aromatic nitrogens is 1. The van der Waals surface area contributed by atoms with Gasteiger partial charge in [0.25, 0.3) is 0 Å². The van der Waals surface area contributed by atoms with Crippen LogP contribution in [-0.2, 0) is 9.31 Å². The van der Waals surface area contributed by atoms with Crippen LogP contribution in [-0.4, -0.2) is 36.4 Å². The summed E-state index contributed by atoms with van der Waals surface area (Å²) in [5.41, 5.74) is -0.770. The van der Waals surface area contributed by atoms with Crippen LogP contribution >= 0.6 is 0 Å². The number of piperidine rings is 1. The second-order valence-electron chi connectivity index (χ2n) is 7.48. The molecule has 1 atom stereocenters. The minimum atomic E-state index is -0.789. The highest BCUT2D eigenvalue weighted by molar-refractivity contribution is 6.61. The molecule has 2 aliphatic rings. The average Bonchev–Trinajstić information content (AvgIpc) is 2.73. The molecule has 0 aromatic carbocycles. The van der Waals surface area contributed by atoms with E-state index in [1.165, 1.54) is 0 Å². The lowest BCUT2D eigenvalue weighted by Gasteiger charge is -2.32. The molecule has 0 aliphatic carbocycles. The molecule has 120 valence electrons. The Hall–Kier alpha value is -1.07. The molecule has 5 heteroatoms. The van der Waals surface area contributed by atoms with Gasteiger partial charge in [-0.25, -0.2) is 4.98 Å². The first-order valence-electron chi connectivity index (χ1n) is 9.62. The van der Waals surface area contributed by atoms with E-state index < -0.39 is 18.3 Å². The molecular formula is C17H27BN2O2. The van der Waals surface area contributed by atoms with Crippen molar-refractivity contribution in [2.75, 3.05) is 18.0 Å². The molecule has 3 heterocycles. The fourth-order valence-corrected chi connectivity index (χ4v) is 2.92. The number of anilines is 1. The van der Waals surface area contributed by atoms with Gasteiger partial charge in [-0.3, -0.25) is 0 Å². The van der Waals surface area contributed by atoms with Crippen LogP contribution in [0.25, 0.3) is 0 Å². The van der Waals surface area contributed by atoms with Crippen molar-refractivity contribution in [1.82, 2.24) is 4.98 Å². The maximum absolute atomic E-state index is 8.27. The Morgan fingerprint density at radius 1 is 1.27 bits per heavy atom. The number of pyridine rings is 1. The molecule has 1 aromatic rings. The smallest absolute Gasteiger partial charge is 0.398 e. The van der Waals surface area contributed by atoms with Crippen LogP contribution in [0.3, 0.4) is 0 Å². The molecule has 3 rings (SSSR count). The first kappa shape index (κ1) is 12.4. The topological polar surface area (TPSA) is 34.6 Å². The monoisotopic (exact) mass is 305 g/mol. The van der Waals surface area contributed by atoms with Crippen LogP contribution < -0.4 is 10.5 Å². The zero-order valence-electron chi connectivity index (χ0n) is 17.2. The third-order valence-electron chi connectivity index (χ3n) is 5.02. The molecule has 0 amide bonds. The van der Waals surface area contributed by atoms with Crippen molar-refractivity contribution in [3.63, 3.8) is 0 Å². The highest BCUT2D eigenvalue weighted by Crippen LogP contribution is 2.36. The molecule has 0 spiro atoms. The minimum Gasteiger partial charge on any atom is -0.398 e. The summed E-state index contributed by atoms with van der Waals surface area (Å²) in [6, 6.07) is -0.190. The third kappa shape index (κ3) is 2.89. The lowest BCUT2D eigenvalue weighted by atomic mass is 9.84. The van der Waals surface area contributed by atoms with E-state index >= 15 is 0 Å². The second kappa shape index (κ2) is 5.53. The standard InChI is InChI=1S/C17H27BN2O2/c1-13-8-7-11-20(12-13)15-10-6-9-14(19-15)18-21-16(2,3)17(4,5)22-18/h6,9-10,13H,7-8,11-12H2,1-5H3/i6D,9D,10D. The minimum absolute atomic E-state index is 0.0133. The van der Waals surface area contributed by atoms with Gasteiger partial charge in [0.05, 0.1) is 20.9 Å². The molecule has 2 aliphatic heterocycles. The summed E-state index contributed by atoms with van der Waals surface area (Å²) < 4.78 is 36.8. The number of rotatable bonds is 2. The zero-order valence-corrected chi connectivity index (χ0v) is 14.2. The van der Waals surface area contributed by atoms with Crippen LogP contribution in [0.4, 0.5) is 5.82 Å². The van der Waals surface area contributed by atoms with E-state index in [9.17, 15) is 0 Å². The summed E-state index contributed by atoms with van der Waals surface area (Å²) in [5, 5.41) is 0. The lowest BCUT2D eigenvalue weighted by molar-refractivity contribution is 0.00578. The number of nitrogens with zero attached hydrogens (tertiary/aromatic N) is 2. The van der Waals surface area contributed by atoms with Gasteiger partial charge < -0.3 is 14.2 Å². The van der Waals surface area contributed by atoms with E-state index in [0.29, 0.717) is 17.3 Å². The van der Waals surface area contributed by atoms with Gasteiger partial charge in [-0.05, 0) is 58.5 Å². The van der Waals surface area contributed by atoms with Gasteiger partial charge in [-0.2, -0.15) is 0 Å². The van der Waals surface area contributed by atoms with Crippen molar-refractivity contribution >= 4 is 18.5 Å². The molecule has 0 saturated carbocycles. The second-order valence-corrected chi connectivity index (χ2v) is 7.48. The molecule has 0 N–H and O–H groups in total. The third-order valence-corrected chi connectivity index (χ3v) is 5.02. The number of hydrogen-bond acceptors (Lipinski definition) is 4. The van der Waals surface area contributed by atoms with Gasteiger partial charge >= 0.3 is 7.12 Å². The van der Waals surface area contributed by atoms with Gasteiger partial charge in [0, 0.05) is 13.1 Å². The fourth-order valence-electron chi connectivity index (χ4n) is 2.92. The van der Waals surface area contributed by atoms with E-state index in [1.54, 1.807) is 0 Å². The Balaban J connectivity index is 2.01. The van der Waals surface area contributed by atoms with E-state index in [1.807, 2.05) is 27.7 Å². The highest BCUT2D eigenvalue weighted by Gasteiger charge is 2.52. The lowest BCUT2D eigenvalue weighted by Crippen LogP contribution is -2.41. The van der Waals surface area contributed by atoms with E-state index in [-0.39, 0.29) is 18.1 Å². The summed E-state index contributed by atoms with van der Waals surface area (Å²) in [6.07, 6.45) is 2.21. The van der Waals surface area contributed by atoms with Crippen LogP contribution in [0.5, 0.6) is 0 Å². The molecule has 0 radical (unpaired) electrons. The summed E-state index contributed by atoms with van der Waals surface area (Å²) in [4.78, 5) is 6.64. The quantitative estimate of drug-likeness (QED) is 0.787.